The van der Waals surface area contributed by atoms with Crippen molar-refractivity contribution in [2.45, 2.75) is 13.3 Å². The highest BCUT2D eigenvalue weighted by Gasteiger charge is 1.91. The van der Waals surface area contributed by atoms with Gasteiger partial charge in [0.15, 0.2) is 0 Å². The van der Waals surface area contributed by atoms with E-state index in [4.69, 9.17) is 0 Å². The molecule has 1 rings (SSSR count). The van der Waals surface area contributed by atoms with Gasteiger partial charge in [0.25, 0.3) is 0 Å². The van der Waals surface area contributed by atoms with Crippen LogP contribution in [-0.2, 0) is 6.42 Å². The van der Waals surface area contributed by atoms with Crippen LogP contribution in [0.4, 0.5) is 0 Å². The zero-order chi connectivity index (χ0) is 7.40. The van der Waals surface area contributed by atoms with Crippen molar-refractivity contribution < 1.29 is 0 Å². The summed E-state index contributed by atoms with van der Waals surface area (Å²) in [6.45, 7) is 2.01. The van der Waals surface area contributed by atoms with Crippen molar-refractivity contribution in [2.24, 2.45) is 0 Å². The quantitative estimate of drug-likeness (QED) is 0.667. The van der Waals surface area contributed by atoms with Crippen molar-refractivity contribution >= 4 is 15.9 Å². The third-order valence-corrected chi connectivity index (χ3v) is 1.69. The highest BCUT2D eigenvalue weighted by atomic mass is 79.9. The second-order valence-corrected chi connectivity index (χ2v) is 3.00. The van der Waals surface area contributed by atoms with Crippen LogP contribution in [0.15, 0.2) is 18.2 Å². The van der Waals surface area contributed by atoms with E-state index in [-0.39, 0.29) is 0 Å². The van der Waals surface area contributed by atoms with Crippen LogP contribution in [-0.4, -0.2) is 10.3 Å². The van der Waals surface area contributed by atoms with Gasteiger partial charge in [-0.25, -0.2) is 0 Å². The van der Waals surface area contributed by atoms with Crippen molar-refractivity contribution in [1.29, 1.82) is 0 Å². The fourth-order valence-electron chi connectivity index (χ4n) is 0.836. The molecule has 1 nitrogen and oxygen atoms in total. The summed E-state index contributed by atoms with van der Waals surface area (Å²) in [6.07, 6.45) is 1.02. The third-order valence-electron chi connectivity index (χ3n) is 1.30. The zero-order valence-corrected chi connectivity index (χ0v) is 7.56. The topological polar surface area (TPSA) is 12.9 Å². The van der Waals surface area contributed by atoms with Crippen LogP contribution in [0, 0.1) is 6.92 Å². The van der Waals surface area contributed by atoms with Crippen LogP contribution in [0.2, 0.25) is 0 Å². The summed E-state index contributed by atoms with van der Waals surface area (Å²) in [7, 11) is 0. The maximum atomic E-state index is 4.33. The van der Waals surface area contributed by atoms with E-state index in [1.807, 2.05) is 25.1 Å². The summed E-state index contributed by atoms with van der Waals surface area (Å²) in [6, 6.07) is 6.10. The highest BCUT2D eigenvalue weighted by molar-refractivity contribution is 9.09. The molecule has 1 aromatic rings. The minimum Gasteiger partial charge on any atom is -0.258 e. The van der Waals surface area contributed by atoms with E-state index >= 15 is 0 Å². The van der Waals surface area contributed by atoms with Gasteiger partial charge in [-0.3, -0.25) is 4.98 Å². The molecule has 0 atom stereocenters. The third kappa shape index (κ3) is 2.10. The molecule has 0 saturated heterocycles. The van der Waals surface area contributed by atoms with Gasteiger partial charge in [-0.05, 0) is 25.5 Å². The van der Waals surface area contributed by atoms with Gasteiger partial charge < -0.3 is 0 Å². The number of hydrogen-bond acceptors (Lipinski definition) is 1. The van der Waals surface area contributed by atoms with Gasteiger partial charge in [0.2, 0.25) is 0 Å². The smallest absolute Gasteiger partial charge is 0.0415 e. The molecule has 0 unspecified atom stereocenters. The van der Waals surface area contributed by atoms with Gasteiger partial charge >= 0.3 is 0 Å². The first kappa shape index (κ1) is 7.73. The van der Waals surface area contributed by atoms with Crippen molar-refractivity contribution in [3.63, 3.8) is 0 Å². The van der Waals surface area contributed by atoms with Gasteiger partial charge in [-0.2, -0.15) is 0 Å². The molecule has 0 aliphatic rings. The van der Waals surface area contributed by atoms with E-state index < -0.39 is 0 Å². The van der Waals surface area contributed by atoms with Crippen molar-refractivity contribution in [3.8, 4) is 0 Å². The first-order chi connectivity index (χ1) is 4.83. The molecule has 1 aromatic heterocycles. The monoisotopic (exact) mass is 199 g/mol. The summed E-state index contributed by atoms with van der Waals surface area (Å²) in [5, 5.41) is 0.990. The normalized spacial score (nSPS) is 9.80. The lowest BCUT2D eigenvalue weighted by atomic mass is 10.3. The number of rotatable bonds is 2. The molecule has 0 radical (unpaired) electrons. The van der Waals surface area contributed by atoms with E-state index in [2.05, 4.69) is 20.9 Å². The van der Waals surface area contributed by atoms with Gasteiger partial charge in [-0.1, -0.05) is 22.0 Å². The molecule has 0 aromatic carbocycles. The summed E-state index contributed by atoms with van der Waals surface area (Å²) >= 11 is 3.37. The molecular weight excluding hydrogens is 190 g/mol. The lowest BCUT2D eigenvalue weighted by Gasteiger charge is -1.96. The van der Waals surface area contributed by atoms with Gasteiger partial charge in [0, 0.05) is 16.7 Å². The molecule has 0 fully saturated rings. The molecule has 54 valence electrons. The molecule has 0 amide bonds. The van der Waals surface area contributed by atoms with Crippen LogP contribution in [0.5, 0.6) is 0 Å². The molecule has 0 aliphatic heterocycles. The summed E-state index contributed by atoms with van der Waals surface area (Å²) in [5.74, 6) is 0. The Morgan fingerprint density at radius 3 is 2.90 bits per heavy atom. The zero-order valence-electron chi connectivity index (χ0n) is 5.97. The van der Waals surface area contributed by atoms with Crippen LogP contribution in [0.3, 0.4) is 0 Å². The SMILES string of the molecule is Cc1cccc(CCBr)n1. The summed E-state index contributed by atoms with van der Waals surface area (Å²) in [5.41, 5.74) is 2.26. The highest BCUT2D eigenvalue weighted by Crippen LogP contribution is 2.00. The van der Waals surface area contributed by atoms with Crippen molar-refractivity contribution in [2.75, 3.05) is 5.33 Å². The van der Waals surface area contributed by atoms with Crippen LogP contribution in [0.1, 0.15) is 11.4 Å². The van der Waals surface area contributed by atoms with E-state index in [0.29, 0.717) is 0 Å². The molecule has 0 N–H and O–H groups in total. The number of halogens is 1. The van der Waals surface area contributed by atoms with Gasteiger partial charge in [-0.15, -0.1) is 0 Å². The lowest BCUT2D eigenvalue weighted by molar-refractivity contribution is 1.02. The van der Waals surface area contributed by atoms with Gasteiger partial charge in [0.05, 0.1) is 0 Å². The van der Waals surface area contributed by atoms with Crippen LogP contribution < -0.4 is 0 Å². The molecule has 0 aliphatic carbocycles. The molecule has 1 heterocycles. The van der Waals surface area contributed by atoms with E-state index in [1.165, 1.54) is 0 Å². The molecule has 10 heavy (non-hydrogen) atoms. The first-order valence-corrected chi connectivity index (χ1v) is 4.43. The predicted octanol–water partition coefficient (Wildman–Crippen LogP) is 2.33. The first-order valence-electron chi connectivity index (χ1n) is 3.31. The summed E-state index contributed by atoms with van der Waals surface area (Å²) in [4.78, 5) is 4.33. The fourth-order valence-corrected chi connectivity index (χ4v) is 1.24. The molecule has 0 spiro atoms. The standard InChI is InChI=1S/C8H10BrN/c1-7-3-2-4-8(10-7)5-6-9/h2-4H,5-6H2,1H3. The van der Waals surface area contributed by atoms with E-state index in [0.717, 1.165) is 23.1 Å². The van der Waals surface area contributed by atoms with Crippen molar-refractivity contribution in [1.82, 2.24) is 4.98 Å². The average molecular weight is 200 g/mol. The maximum absolute atomic E-state index is 4.33. The Bertz CT molecular complexity index is 210. The largest absolute Gasteiger partial charge is 0.258 e. The number of hydrogen-bond donors (Lipinski definition) is 0. The Balaban J connectivity index is 2.75. The molecule has 2 heteroatoms. The minimum absolute atomic E-state index is 0.990. The number of aryl methyl sites for hydroxylation is 2. The Labute approximate surface area is 69.6 Å². The van der Waals surface area contributed by atoms with E-state index in [1.54, 1.807) is 0 Å². The second-order valence-electron chi connectivity index (χ2n) is 2.21. The predicted molar refractivity (Wildman–Crippen MR) is 46.5 cm³/mol. The molecule has 0 saturated carbocycles. The number of alkyl halides is 1. The van der Waals surface area contributed by atoms with Crippen LogP contribution >= 0.6 is 15.9 Å². The lowest BCUT2D eigenvalue weighted by Crippen LogP contribution is -1.91. The number of aromatic nitrogens is 1. The second kappa shape index (κ2) is 3.71. The Kier molecular flexibility index (Phi) is 2.87. The number of nitrogens with zero attached hydrogens (tertiary/aromatic N) is 1. The van der Waals surface area contributed by atoms with Crippen molar-refractivity contribution in [3.05, 3.63) is 29.6 Å². The fraction of sp³-hybridized carbons (Fsp3) is 0.375. The number of pyridine rings is 1. The maximum Gasteiger partial charge on any atom is 0.0415 e. The minimum atomic E-state index is 0.990. The Morgan fingerprint density at radius 2 is 2.30 bits per heavy atom. The average Bonchev–Trinajstić information content (AvgIpc) is 1.88. The molecular formula is C8H10BrN. The van der Waals surface area contributed by atoms with E-state index in [9.17, 15) is 0 Å². The Morgan fingerprint density at radius 1 is 1.50 bits per heavy atom. The summed E-state index contributed by atoms with van der Waals surface area (Å²) < 4.78 is 0. The Hall–Kier alpha value is -0.370. The van der Waals surface area contributed by atoms with Crippen LogP contribution in [0.25, 0.3) is 0 Å². The molecule has 0 bridgehead atoms. The van der Waals surface area contributed by atoms with Gasteiger partial charge in [0.1, 0.15) is 0 Å².